The number of ketones is 1. The molecule has 2 nitrogen and oxygen atoms in total. The third-order valence-corrected chi connectivity index (χ3v) is 2.93. The molecule has 0 saturated carbocycles. The maximum absolute atomic E-state index is 12.1. The second-order valence-corrected chi connectivity index (χ2v) is 4.77. The average molecular weight is 323 g/mol. The quantitative estimate of drug-likeness (QED) is 0.627. The molecule has 2 aromatic rings. The van der Waals surface area contributed by atoms with E-state index in [1.54, 1.807) is 6.20 Å². The van der Waals surface area contributed by atoms with Gasteiger partial charge in [-0.05, 0) is 53.8 Å². The fourth-order valence-electron chi connectivity index (χ4n) is 1.40. The molecule has 0 radical (unpaired) electrons. The summed E-state index contributed by atoms with van der Waals surface area (Å²) in [4.78, 5) is 16.2. The van der Waals surface area contributed by atoms with Gasteiger partial charge >= 0.3 is 0 Å². The number of rotatable bonds is 2. The molecule has 1 aromatic carbocycles. The number of nitrogens with zero attached hydrogens (tertiary/aromatic N) is 1. The summed E-state index contributed by atoms with van der Waals surface area (Å²) >= 11 is 2.20. The lowest BCUT2D eigenvalue weighted by Crippen LogP contribution is -2.02. The predicted octanol–water partition coefficient (Wildman–Crippen LogP) is 3.23. The van der Waals surface area contributed by atoms with Crippen molar-refractivity contribution >= 4 is 28.4 Å². The third kappa shape index (κ3) is 2.47. The fraction of sp³-hybridized carbons (Fsp3) is 0.0769. The van der Waals surface area contributed by atoms with Gasteiger partial charge < -0.3 is 0 Å². The molecule has 0 spiro atoms. The Bertz CT molecular complexity index is 520. The van der Waals surface area contributed by atoms with E-state index in [0.29, 0.717) is 11.1 Å². The first-order valence-corrected chi connectivity index (χ1v) is 5.97. The molecular weight excluding hydrogens is 313 g/mol. The van der Waals surface area contributed by atoms with Gasteiger partial charge in [0.05, 0.1) is 0 Å². The summed E-state index contributed by atoms with van der Waals surface area (Å²) in [7, 11) is 0. The highest BCUT2D eigenvalue weighted by atomic mass is 127. The van der Waals surface area contributed by atoms with Gasteiger partial charge in [-0.2, -0.15) is 0 Å². The number of aryl methyl sites for hydroxylation is 1. The molecule has 0 N–H and O–H groups in total. The van der Waals surface area contributed by atoms with E-state index in [9.17, 15) is 4.79 Å². The van der Waals surface area contributed by atoms with Crippen LogP contribution in [0.4, 0.5) is 0 Å². The number of carbonyl (C=O) groups is 1. The summed E-state index contributed by atoms with van der Waals surface area (Å²) in [6.45, 7) is 1.90. The molecule has 0 amide bonds. The van der Waals surface area contributed by atoms with Crippen LogP contribution in [-0.2, 0) is 0 Å². The van der Waals surface area contributed by atoms with Gasteiger partial charge in [0.25, 0.3) is 0 Å². The van der Waals surface area contributed by atoms with Gasteiger partial charge in [-0.15, -0.1) is 0 Å². The van der Waals surface area contributed by atoms with Crippen molar-refractivity contribution in [3.8, 4) is 0 Å². The van der Waals surface area contributed by atoms with Crippen LogP contribution >= 0.6 is 22.6 Å². The molecule has 80 valence electrons. The molecule has 1 heterocycles. The lowest BCUT2D eigenvalue weighted by atomic mass is 10.1. The summed E-state index contributed by atoms with van der Waals surface area (Å²) in [5.74, 6) is 0.0195. The van der Waals surface area contributed by atoms with E-state index in [2.05, 4.69) is 27.6 Å². The van der Waals surface area contributed by atoms with E-state index in [-0.39, 0.29) is 5.78 Å². The lowest BCUT2D eigenvalue weighted by Gasteiger charge is -2.01. The van der Waals surface area contributed by atoms with Crippen LogP contribution in [-0.4, -0.2) is 10.8 Å². The number of halogens is 1. The number of benzene rings is 1. The fourth-order valence-corrected chi connectivity index (χ4v) is 1.94. The largest absolute Gasteiger partial charge is 0.289 e. The van der Waals surface area contributed by atoms with E-state index < -0.39 is 0 Å². The van der Waals surface area contributed by atoms with Gasteiger partial charge in [0.2, 0.25) is 0 Å². The summed E-state index contributed by atoms with van der Waals surface area (Å²) in [6, 6.07) is 11.2. The van der Waals surface area contributed by atoms with Gasteiger partial charge in [0, 0.05) is 26.6 Å². The molecule has 0 aliphatic rings. The number of hydrogen-bond acceptors (Lipinski definition) is 2. The van der Waals surface area contributed by atoms with Gasteiger partial charge in [-0.1, -0.05) is 12.1 Å². The first-order valence-electron chi connectivity index (χ1n) is 4.90. The monoisotopic (exact) mass is 323 g/mol. The van der Waals surface area contributed by atoms with Crippen LogP contribution in [0.15, 0.2) is 42.6 Å². The van der Waals surface area contributed by atoms with Gasteiger partial charge in [0.1, 0.15) is 0 Å². The van der Waals surface area contributed by atoms with E-state index in [1.807, 2.05) is 43.3 Å². The molecule has 0 saturated heterocycles. The molecule has 0 fully saturated rings. The first kappa shape index (κ1) is 11.3. The zero-order chi connectivity index (χ0) is 11.5. The minimum atomic E-state index is 0.0195. The Morgan fingerprint density at radius 3 is 2.62 bits per heavy atom. The topological polar surface area (TPSA) is 30.0 Å². The number of pyridine rings is 1. The smallest absolute Gasteiger partial charge is 0.194 e. The third-order valence-electron chi connectivity index (χ3n) is 2.26. The number of hydrogen-bond donors (Lipinski definition) is 0. The second kappa shape index (κ2) is 4.74. The molecule has 1 aromatic heterocycles. The van der Waals surface area contributed by atoms with Crippen molar-refractivity contribution in [2.24, 2.45) is 0 Å². The summed E-state index contributed by atoms with van der Waals surface area (Å²) in [5.41, 5.74) is 2.25. The molecule has 0 unspecified atom stereocenters. The lowest BCUT2D eigenvalue weighted by molar-refractivity contribution is 0.103. The van der Waals surface area contributed by atoms with Crippen LogP contribution < -0.4 is 0 Å². The Hall–Kier alpha value is -1.23. The normalized spacial score (nSPS) is 10.1. The van der Waals surface area contributed by atoms with Crippen molar-refractivity contribution in [2.45, 2.75) is 6.92 Å². The second-order valence-electron chi connectivity index (χ2n) is 3.53. The van der Waals surface area contributed by atoms with Crippen molar-refractivity contribution in [1.82, 2.24) is 4.98 Å². The maximum atomic E-state index is 12.1. The van der Waals surface area contributed by atoms with E-state index in [1.165, 1.54) is 0 Å². The number of carbonyl (C=O) groups excluding carboxylic acids is 1. The molecule has 3 heteroatoms. The van der Waals surface area contributed by atoms with Crippen LogP contribution in [0.3, 0.4) is 0 Å². The molecular formula is C13H10INO. The first-order chi connectivity index (χ1) is 7.66. The Kier molecular flexibility index (Phi) is 3.33. The van der Waals surface area contributed by atoms with Crippen LogP contribution in [0.25, 0.3) is 0 Å². The highest BCUT2D eigenvalue weighted by Crippen LogP contribution is 2.12. The Morgan fingerprint density at radius 1 is 1.19 bits per heavy atom. The minimum Gasteiger partial charge on any atom is -0.289 e. The molecule has 16 heavy (non-hydrogen) atoms. The van der Waals surface area contributed by atoms with Gasteiger partial charge in [0.15, 0.2) is 5.78 Å². The van der Waals surface area contributed by atoms with Crippen LogP contribution in [0.5, 0.6) is 0 Å². The summed E-state index contributed by atoms with van der Waals surface area (Å²) in [6.07, 6.45) is 1.62. The van der Waals surface area contributed by atoms with Crippen LogP contribution in [0.1, 0.15) is 21.6 Å². The Morgan fingerprint density at radius 2 is 2.00 bits per heavy atom. The molecule has 0 atom stereocenters. The van der Waals surface area contributed by atoms with Gasteiger partial charge in [-0.25, -0.2) is 0 Å². The van der Waals surface area contributed by atoms with Crippen LogP contribution in [0, 0.1) is 10.5 Å². The summed E-state index contributed by atoms with van der Waals surface area (Å²) < 4.78 is 1.06. The minimum absolute atomic E-state index is 0.0195. The van der Waals surface area contributed by atoms with Gasteiger partial charge in [-0.3, -0.25) is 9.78 Å². The Balaban J connectivity index is 2.35. The van der Waals surface area contributed by atoms with Crippen molar-refractivity contribution in [1.29, 1.82) is 0 Å². The SMILES string of the molecule is Cc1ccc(C(=O)c2cccc(I)c2)cn1. The molecule has 0 aliphatic heterocycles. The Labute approximate surface area is 108 Å². The summed E-state index contributed by atoms with van der Waals surface area (Å²) in [5, 5.41) is 0. The zero-order valence-corrected chi connectivity index (χ0v) is 10.9. The highest BCUT2D eigenvalue weighted by Gasteiger charge is 2.08. The number of aromatic nitrogens is 1. The average Bonchev–Trinajstić information content (AvgIpc) is 2.29. The predicted molar refractivity (Wildman–Crippen MR) is 71.6 cm³/mol. The van der Waals surface area contributed by atoms with Crippen molar-refractivity contribution < 1.29 is 4.79 Å². The molecule has 0 aliphatic carbocycles. The molecule has 2 rings (SSSR count). The van der Waals surface area contributed by atoms with Crippen molar-refractivity contribution in [2.75, 3.05) is 0 Å². The van der Waals surface area contributed by atoms with Crippen molar-refractivity contribution in [3.63, 3.8) is 0 Å². The highest BCUT2D eigenvalue weighted by molar-refractivity contribution is 14.1. The van der Waals surface area contributed by atoms with E-state index >= 15 is 0 Å². The molecule has 0 bridgehead atoms. The zero-order valence-electron chi connectivity index (χ0n) is 8.77. The van der Waals surface area contributed by atoms with Crippen LogP contribution in [0.2, 0.25) is 0 Å². The van der Waals surface area contributed by atoms with E-state index in [4.69, 9.17) is 0 Å². The maximum Gasteiger partial charge on any atom is 0.194 e. The van der Waals surface area contributed by atoms with E-state index in [0.717, 1.165) is 9.26 Å². The van der Waals surface area contributed by atoms with Crippen molar-refractivity contribution in [3.05, 3.63) is 63.0 Å². The standard InChI is InChI=1S/C13H10INO/c1-9-5-6-11(8-15-9)13(16)10-3-2-4-12(14)7-10/h2-8H,1H3.